The zero-order valence-electron chi connectivity index (χ0n) is 10.6. The molecule has 1 aromatic carbocycles. The normalized spacial score (nSPS) is 10.8. The molecule has 0 radical (unpaired) electrons. The summed E-state index contributed by atoms with van der Waals surface area (Å²) in [6.07, 6.45) is 0. The van der Waals surface area contributed by atoms with Crippen molar-refractivity contribution in [3.63, 3.8) is 0 Å². The van der Waals surface area contributed by atoms with Crippen molar-refractivity contribution >= 4 is 21.6 Å². The molecule has 0 saturated heterocycles. The summed E-state index contributed by atoms with van der Waals surface area (Å²) in [5.41, 5.74) is 0.216. The highest BCUT2D eigenvalue weighted by molar-refractivity contribution is 7.92. The van der Waals surface area contributed by atoms with Gasteiger partial charge in [-0.3, -0.25) is 9.59 Å². The van der Waals surface area contributed by atoms with Crippen molar-refractivity contribution in [2.24, 2.45) is 0 Å². The van der Waals surface area contributed by atoms with Crippen molar-refractivity contribution in [3.8, 4) is 5.75 Å². The van der Waals surface area contributed by atoms with Crippen molar-refractivity contribution in [3.05, 3.63) is 29.8 Å². The maximum Gasteiger partial charge on any atom is 0.320 e. The second kappa shape index (κ2) is 6.33. The van der Waals surface area contributed by atoms with Crippen LogP contribution in [0.15, 0.2) is 24.3 Å². The van der Waals surface area contributed by atoms with Gasteiger partial charge >= 0.3 is 5.97 Å². The maximum absolute atomic E-state index is 11.8. The predicted molar refractivity (Wildman–Crippen MR) is 68.0 cm³/mol. The highest BCUT2D eigenvalue weighted by atomic mass is 32.2. The third-order valence-corrected chi connectivity index (χ3v) is 3.69. The fourth-order valence-corrected chi connectivity index (χ4v) is 2.51. The van der Waals surface area contributed by atoms with E-state index in [1.807, 2.05) is 0 Å². The van der Waals surface area contributed by atoms with Crippen LogP contribution in [0.25, 0.3) is 0 Å². The van der Waals surface area contributed by atoms with Gasteiger partial charge in [0.2, 0.25) is 0 Å². The fourth-order valence-electron chi connectivity index (χ4n) is 1.37. The van der Waals surface area contributed by atoms with Gasteiger partial charge in [0.05, 0.1) is 14.2 Å². The lowest BCUT2D eigenvalue weighted by molar-refractivity contribution is -0.137. The van der Waals surface area contributed by atoms with Gasteiger partial charge < -0.3 is 9.47 Å². The monoisotopic (exact) mass is 286 g/mol. The molecule has 0 atom stereocenters. The summed E-state index contributed by atoms with van der Waals surface area (Å²) in [4.78, 5) is 22.7. The van der Waals surface area contributed by atoms with E-state index in [1.54, 1.807) is 12.1 Å². The Balaban J connectivity index is 2.81. The number of ketones is 1. The molecule has 0 spiro atoms. The molecule has 1 aromatic rings. The van der Waals surface area contributed by atoms with Crippen LogP contribution in [-0.2, 0) is 19.4 Å². The van der Waals surface area contributed by atoms with Gasteiger partial charge in [0.1, 0.15) is 17.3 Å². The number of ether oxygens (including phenoxy) is 2. The van der Waals surface area contributed by atoms with Gasteiger partial charge in [-0.15, -0.1) is 0 Å². The molecule has 0 heterocycles. The van der Waals surface area contributed by atoms with Crippen LogP contribution >= 0.6 is 0 Å². The first-order valence-electron chi connectivity index (χ1n) is 5.32. The SMILES string of the molecule is COC(=O)CS(=O)(=O)CC(=O)c1cccc(OC)c1. The number of sulfone groups is 1. The Morgan fingerprint density at radius 2 is 1.84 bits per heavy atom. The zero-order valence-corrected chi connectivity index (χ0v) is 11.4. The Bertz CT molecular complexity index is 576. The number of hydrogen-bond donors (Lipinski definition) is 0. The summed E-state index contributed by atoms with van der Waals surface area (Å²) in [6.45, 7) is 0. The minimum Gasteiger partial charge on any atom is -0.497 e. The van der Waals surface area contributed by atoms with Crippen LogP contribution in [0.1, 0.15) is 10.4 Å². The Kier molecular flexibility index (Phi) is 5.05. The van der Waals surface area contributed by atoms with Crippen LogP contribution in [-0.4, -0.2) is 45.9 Å². The molecule has 0 amide bonds. The van der Waals surface area contributed by atoms with Crippen LogP contribution in [0, 0.1) is 0 Å². The number of benzene rings is 1. The van der Waals surface area contributed by atoms with Gasteiger partial charge in [0.25, 0.3) is 0 Å². The molecule has 0 fully saturated rings. The Morgan fingerprint density at radius 1 is 1.16 bits per heavy atom. The lowest BCUT2D eigenvalue weighted by atomic mass is 10.1. The second-order valence-corrected chi connectivity index (χ2v) is 5.83. The zero-order chi connectivity index (χ0) is 14.5. The van der Waals surface area contributed by atoms with Crippen LogP contribution in [0.4, 0.5) is 0 Å². The molecule has 0 aliphatic heterocycles. The molecule has 6 nitrogen and oxygen atoms in total. The standard InChI is InChI=1S/C12H14O6S/c1-17-10-5-3-4-9(6-10)11(13)7-19(15,16)8-12(14)18-2/h3-6H,7-8H2,1-2H3. The summed E-state index contributed by atoms with van der Waals surface area (Å²) < 4.78 is 32.4. The van der Waals surface area contributed by atoms with Gasteiger partial charge in [-0.25, -0.2) is 8.42 Å². The number of carbonyl (C=O) groups is 2. The Hall–Kier alpha value is -1.89. The average Bonchev–Trinajstić information content (AvgIpc) is 2.37. The van der Waals surface area contributed by atoms with Gasteiger partial charge in [0.15, 0.2) is 15.6 Å². The van der Waals surface area contributed by atoms with Crippen LogP contribution in [0.2, 0.25) is 0 Å². The quantitative estimate of drug-likeness (QED) is 0.558. The molecule has 1 rings (SSSR count). The van der Waals surface area contributed by atoms with Gasteiger partial charge in [-0.1, -0.05) is 12.1 Å². The van der Waals surface area contributed by atoms with E-state index < -0.39 is 33.1 Å². The number of methoxy groups -OCH3 is 2. The number of esters is 1. The number of rotatable bonds is 6. The van der Waals surface area contributed by atoms with E-state index in [4.69, 9.17) is 4.74 Å². The molecule has 0 aromatic heterocycles. The predicted octanol–water partition coefficient (Wildman–Crippen LogP) is 0.466. The third-order valence-electron chi connectivity index (χ3n) is 2.31. The van der Waals surface area contributed by atoms with Gasteiger partial charge in [0, 0.05) is 5.56 Å². The number of carbonyl (C=O) groups excluding carboxylic acids is 2. The molecule has 0 saturated carbocycles. The van der Waals surface area contributed by atoms with Gasteiger partial charge in [-0.05, 0) is 12.1 Å². The van der Waals surface area contributed by atoms with E-state index >= 15 is 0 Å². The summed E-state index contributed by atoms with van der Waals surface area (Å²) in [7, 11) is -1.30. The highest BCUT2D eigenvalue weighted by Gasteiger charge is 2.22. The summed E-state index contributed by atoms with van der Waals surface area (Å²) in [6, 6.07) is 6.15. The van der Waals surface area contributed by atoms with E-state index in [-0.39, 0.29) is 5.56 Å². The smallest absolute Gasteiger partial charge is 0.320 e. The van der Waals surface area contributed by atoms with Crippen molar-refractivity contribution in [1.29, 1.82) is 0 Å². The first-order chi connectivity index (χ1) is 8.88. The van der Waals surface area contributed by atoms with E-state index in [0.29, 0.717) is 5.75 Å². The molecule has 0 aliphatic carbocycles. The molecule has 0 unspecified atom stereocenters. The van der Waals surface area contributed by atoms with Crippen LogP contribution in [0.3, 0.4) is 0 Å². The minimum absolute atomic E-state index is 0.216. The molecular formula is C12H14O6S. The van der Waals surface area contributed by atoms with Crippen molar-refractivity contribution in [2.75, 3.05) is 25.7 Å². The average molecular weight is 286 g/mol. The summed E-state index contributed by atoms with van der Waals surface area (Å²) >= 11 is 0. The fraction of sp³-hybridized carbons (Fsp3) is 0.333. The number of hydrogen-bond acceptors (Lipinski definition) is 6. The van der Waals surface area contributed by atoms with Crippen LogP contribution in [0.5, 0.6) is 5.75 Å². The lowest BCUT2D eigenvalue weighted by Gasteiger charge is -2.05. The van der Waals surface area contributed by atoms with E-state index in [9.17, 15) is 18.0 Å². The Labute approximate surface area is 111 Å². The molecule has 0 aliphatic rings. The maximum atomic E-state index is 11.8. The largest absolute Gasteiger partial charge is 0.497 e. The minimum atomic E-state index is -3.82. The van der Waals surface area contributed by atoms with E-state index in [2.05, 4.69) is 4.74 Å². The van der Waals surface area contributed by atoms with Crippen molar-refractivity contribution in [1.82, 2.24) is 0 Å². The Morgan fingerprint density at radius 3 is 2.42 bits per heavy atom. The first kappa shape index (κ1) is 15.2. The van der Waals surface area contributed by atoms with Crippen molar-refractivity contribution < 1.29 is 27.5 Å². The van der Waals surface area contributed by atoms with E-state index in [1.165, 1.54) is 19.2 Å². The van der Waals surface area contributed by atoms with Gasteiger partial charge in [-0.2, -0.15) is 0 Å². The molecule has 104 valence electrons. The van der Waals surface area contributed by atoms with E-state index in [0.717, 1.165) is 7.11 Å². The summed E-state index contributed by atoms with van der Waals surface area (Å²) in [5, 5.41) is 0. The second-order valence-electron chi connectivity index (χ2n) is 3.76. The first-order valence-corrected chi connectivity index (χ1v) is 7.14. The third kappa shape index (κ3) is 4.70. The topological polar surface area (TPSA) is 86.7 Å². The molecule has 19 heavy (non-hydrogen) atoms. The molecule has 7 heteroatoms. The summed E-state index contributed by atoms with van der Waals surface area (Å²) in [5.74, 6) is -2.58. The molecule has 0 bridgehead atoms. The number of Topliss-reactive ketones (excluding diaryl/α,β-unsaturated/α-hetero) is 1. The lowest BCUT2D eigenvalue weighted by Crippen LogP contribution is -2.24. The highest BCUT2D eigenvalue weighted by Crippen LogP contribution is 2.13. The molecular weight excluding hydrogens is 272 g/mol. The van der Waals surface area contributed by atoms with Crippen molar-refractivity contribution in [2.45, 2.75) is 0 Å². The molecule has 0 N–H and O–H groups in total. The van der Waals surface area contributed by atoms with Crippen LogP contribution < -0.4 is 4.74 Å².